The van der Waals surface area contributed by atoms with E-state index in [1.165, 1.54) is 12.4 Å². The maximum Gasteiger partial charge on any atom is 0.264 e. The molecule has 4 aromatic rings. The molecule has 3 heterocycles. The molecule has 2 aromatic carbocycles. The highest BCUT2D eigenvalue weighted by Gasteiger charge is 2.31. The zero-order valence-electron chi connectivity index (χ0n) is 21.1. The molecule has 1 saturated heterocycles. The first-order valence-electron chi connectivity index (χ1n) is 12.9. The SMILES string of the molecule is N#C/C(=C\C1CC1)C(=O)N1CCC[C@@H](n2nc(-c3ccc(Oc4ccccc4)cc3F)c3c(N)ncnc32)C1. The van der Waals surface area contributed by atoms with Crippen LogP contribution in [0.3, 0.4) is 0 Å². The van der Waals surface area contributed by atoms with Crippen LogP contribution in [0.1, 0.15) is 31.7 Å². The van der Waals surface area contributed by atoms with Gasteiger partial charge in [-0.15, -0.1) is 0 Å². The first kappa shape index (κ1) is 24.6. The highest BCUT2D eigenvalue weighted by atomic mass is 19.1. The summed E-state index contributed by atoms with van der Waals surface area (Å²) in [5.41, 5.74) is 7.46. The Hall–Kier alpha value is -4.78. The molecule has 0 radical (unpaired) electrons. The Morgan fingerprint density at radius 3 is 2.69 bits per heavy atom. The molecule has 39 heavy (non-hydrogen) atoms. The fourth-order valence-electron chi connectivity index (χ4n) is 4.98. The van der Waals surface area contributed by atoms with E-state index in [4.69, 9.17) is 15.6 Å². The molecule has 1 aliphatic carbocycles. The molecule has 2 aromatic heterocycles. The number of ether oxygens (including phenoxy) is 1. The van der Waals surface area contributed by atoms with E-state index >= 15 is 4.39 Å². The number of nitriles is 1. The van der Waals surface area contributed by atoms with Gasteiger partial charge >= 0.3 is 0 Å². The Bertz CT molecular complexity index is 1620. The molecule has 1 atom stereocenters. The summed E-state index contributed by atoms with van der Waals surface area (Å²) in [5.74, 6) is 0.667. The number of carbonyl (C=O) groups is 1. The zero-order chi connectivity index (χ0) is 26.9. The molecule has 0 spiro atoms. The van der Waals surface area contributed by atoms with Gasteiger partial charge in [-0.25, -0.2) is 19.0 Å². The number of para-hydroxylation sites is 1. The number of aromatic nitrogens is 4. The van der Waals surface area contributed by atoms with E-state index in [1.54, 1.807) is 39.9 Å². The summed E-state index contributed by atoms with van der Waals surface area (Å²) in [5, 5.41) is 14.8. The summed E-state index contributed by atoms with van der Waals surface area (Å²) >= 11 is 0. The fraction of sp³-hybridized carbons (Fsp3) is 0.276. The van der Waals surface area contributed by atoms with Crippen molar-refractivity contribution < 1.29 is 13.9 Å². The standard InChI is InChI=1S/C29H26FN7O2/c30-24-14-22(39-21-6-2-1-3-7-21)10-11-23(24)26-25-27(32)33-17-34-28(25)37(35-26)20-5-4-12-36(16-20)29(38)19(15-31)13-18-8-9-18/h1-3,6-7,10-11,13-14,17-18,20H,4-5,8-9,12,16H2,(H2,32,33,34)/b19-13+/t20-/m1/s1. The van der Waals surface area contributed by atoms with E-state index in [0.29, 0.717) is 47.2 Å². The largest absolute Gasteiger partial charge is 0.457 e. The van der Waals surface area contributed by atoms with Gasteiger partial charge < -0.3 is 15.4 Å². The van der Waals surface area contributed by atoms with Gasteiger partial charge in [0.2, 0.25) is 0 Å². The van der Waals surface area contributed by atoms with Crippen LogP contribution in [-0.4, -0.2) is 43.6 Å². The summed E-state index contributed by atoms with van der Waals surface area (Å²) in [6, 6.07) is 15.6. The number of likely N-dealkylation sites (tertiary alicyclic amines) is 1. The highest BCUT2D eigenvalue weighted by Crippen LogP contribution is 2.37. The lowest BCUT2D eigenvalue weighted by atomic mass is 10.0. The minimum atomic E-state index is -0.525. The second-order valence-corrected chi connectivity index (χ2v) is 9.88. The second-order valence-electron chi connectivity index (χ2n) is 9.88. The van der Waals surface area contributed by atoms with E-state index in [2.05, 4.69) is 16.0 Å². The number of halogens is 1. The molecular formula is C29H26FN7O2. The normalized spacial score (nSPS) is 17.7. The summed E-state index contributed by atoms with van der Waals surface area (Å²) < 4.78 is 22.9. The van der Waals surface area contributed by atoms with E-state index in [-0.39, 0.29) is 28.9 Å². The van der Waals surface area contributed by atoms with Gasteiger partial charge in [0.15, 0.2) is 5.65 Å². The quantitative estimate of drug-likeness (QED) is 0.278. The molecule has 6 rings (SSSR count). The average molecular weight is 524 g/mol. The van der Waals surface area contributed by atoms with Crippen LogP contribution in [0.2, 0.25) is 0 Å². The molecule has 1 saturated carbocycles. The molecule has 2 aliphatic rings. The van der Waals surface area contributed by atoms with Crippen LogP contribution in [0.15, 0.2) is 66.5 Å². The first-order chi connectivity index (χ1) is 19.0. The van der Waals surface area contributed by atoms with Crippen molar-refractivity contribution in [1.29, 1.82) is 5.26 Å². The van der Waals surface area contributed by atoms with Crippen LogP contribution in [0, 0.1) is 23.1 Å². The van der Waals surface area contributed by atoms with Gasteiger partial charge in [0.1, 0.15) is 46.8 Å². The molecule has 1 aliphatic heterocycles. The number of allylic oxidation sites excluding steroid dienone is 1. The topological polar surface area (TPSA) is 123 Å². The summed E-state index contributed by atoms with van der Waals surface area (Å²) in [6.07, 6.45) is 6.64. The number of amides is 1. The number of carbonyl (C=O) groups excluding carboxylic acids is 1. The maximum absolute atomic E-state index is 15.5. The highest BCUT2D eigenvalue weighted by molar-refractivity contribution is 5.99. The first-order valence-corrected chi connectivity index (χ1v) is 12.9. The lowest BCUT2D eigenvalue weighted by Gasteiger charge is -2.32. The van der Waals surface area contributed by atoms with Gasteiger partial charge in [-0.2, -0.15) is 10.4 Å². The van der Waals surface area contributed by atoms with Crippen LogP contribution in [-0.2, 0) is 4.79 Å². The second kappa shape index (κ2) is 10.2. The van der Waals surface area contributed by atoms with Crippen LogP contribution in [0.5, 0.6) is 11.5 Å². The third-order valence-electron chi connectivity index (χ3n) is 7.10. The average Bonchev–Trinajstić information content (AvgIpc) is 3.70. The van der Waals surface area contributed by atoms with Crippen molar-refractivity contribution in [3.05, 3.63) is 72.3 Å². The Kier molecular flexibility index (Phi) is 6.40. The Morgan fingerprint density at radius 1 is 1.13 bits per heavy atom. The van der Waals surface area contributed by atoms with Crippen molar-refractivity contribution in [2.24, 2.45) is 5.92 Å². The molecule has 10 heteroatoms. The van der Waals surface area contributed by atoms with Gasteiger partial charge in [-0.05, 0) is 55.9 Å². The lowest BCUT2D eigenvalue weighted by Crippen LogP contribution is -2.41. The predicted octanol–water partition coefficient (Wildman–Crippen LogP) is 5.03. The van der Waals surface area contributed by atoms with Gasteiger partial charge in [0, 0.05) is 24.7 Å². The molecule has 0 bridgehead atoms. The molecule has 2 N–H and O–H groups in total. The Balaban J connectivity index is 1.33. The van der Waals surface area contributed by atoms with Crippen molar-refractivity contribution in [2.45, 2.75) is 31.7 Å². The number of nitrogens with zero attached hydrogens (tertiary/aromatic N) is 6. The lowest BCUT2D eigenvalue weighted by molar-refractivity contribution is -0.128. The number of anilines is 1. The van der Waals surface area contributed by atoms with Crippen LogP contribution in [0.25, 0.3) is 22.3 Å². The zero-order valence-corrected chi connectivity index (χ0v) is 21.1. The van der Waals surface area contributed by atoms with E-state index in [9.17, 15) is 10.1 Å². The van der Waals surface area contributed by atoms with Gasteiger partial charge in [-0.3, -0.25) is 4.79 Å². The number of fused-ring (bicyclic) bond motifs is 1. The van der Waals surface area contributed by atoms with E-state index in [1.807, 2.05) is 18.2 Å². The molecule has 1 amide bonds. The van der Waals surface area contributed by atoms with Crippen LogP contribution >= 0.6 is 0 Å². The number of hydrogen-bond donors (Lipinski definition) is 1. The number of nitrogen functional groups attached to an aromatic ring is 1. The van der Waals surface area contributed by atoms with Crippen LogP contribution < -0.4 is 10.5 Å². The van der Waals surface area contributed by atoms with Gasteiger partial charge in [0.05, 0.1) is 11.4 Å². The number of rotatable bonds is 6. The van der Waals surface area contributed by atoms with Crippen molar-refractivity contribution in [3.8, 4) is 28.8 Å². The molecular weight excluding hydrogens is 497 g/mol. The molecule has 0 unspecified atom stereocenters. The van der Waals surface area contributed by atoms with Crippen molar-refractivity contribution in [1.82, 2.24) is 24.6 Å². The summed E-state index contributed by atoms with van der Waals surface area (Å²) in [4.78, 5) is 23.4. The molecule has 2 fully saturated rings. The molecule has 9 nitrogen and oxygen atoms in total. The Labute approximate surface area is 224 Å². The monoisotopic (exact) mass is 523 g/mol. The van der Waals surface area contributed by atoms with E-state index in [0.717, 1.165) is 25.7 Å². The third-order valence-corrected chi connectivity index (χ3v) is 7.10. The number of nitrogens with two attached hydrogens (primary N) is 1. The van der Waals surface area contributed by atoms with Gasteiger partial charge in [0.25, 0.3) is 5.91 Å². The summed E-state index contributed by atoms with van der Waals surface area (Å²) in [7, 11) is 0. The predicted molar refractivity (Wildman–Crippen MR) is 143 cm³/mol. The van der Waals surface area contributed by atoms with Crippen molar-refractivity contribution in [2.75, 3.05) is 18.8 Å². The number of benzene rings is 2. The number of hydrogen-bond acceptors (Lipinski definition) is 7. The minimum Gasteiger partial charge on any atom is -0.457 e. The van der Waals surface area contributed by atoms with E-state index < -0.39 is 5.82 Å². The van der Waals surface area contributed by atoms with Crippen molar-refractivity contribution in [3.63, 3.8) is 0 Å². The molecule has 196 valence electrons. The fourth-order valence-corrected chi connectivity index (χ4v) is 4.98. The van der Waals surface area contributed by atoms with Gasteiger partial charge in [-0.1, -0.05) is 24.3 Å². The smallest absolute Gasteiger partial charge is 0.264 e. The number of piperidine rings is 1. The minimum absolute atomic E-state index is 0.188. The maximum atomic E-state index is 15.5. The Morgan fingerprint density at radius 2 is 1.95 bits per heavy atom. The summed E-state index contributed by atoms with van der Waals surface area (Å²) in [6.45, 7) is 0.911. The third kappa shape index (κ3) is 4.91. The van der Waals surface area contributed by atoms with Crippen LogP contribution in [0.4, 0.5) is 10.2 Å². The van der Waals surface area contributed by atoms with Crippen molar-refractivity contribution >= 4 is 22.8 Å².